The molecule has 0 unspecified atom stereocenters. The lowest BCUT2D eigenvalue weighted by Crippen LogP contribution is -2.01. The van der Waals surface area contributed by atoms with Crippen LogP contribution in [0.5, 0.6) is 0 Å². The van der Waals surface area contributed by atoms with Gasteiger partial charge in [0.1, 0.15) is 0 Å². The lowest BCUT2D eigenvalue weighted by Gasteiger charge is -2.12. The standard InChI is InChI=1S/C20H20O2P2/c1-5-23(21,6-2)19-13-9-17(10-14-19)18-11-15-20(16-12-18)24(22,7-3)8-4/h5-16H,1-4H2. The maximum atomic E-state index is 12.5. The first-order valence-electron chi connectivity index (χ1n) is 7.37. The highest BCUT2D eigenvalue weighted by Gasteiger charge is 2.17. The van der Waals surface area contributed by atoms with Crippen LogP contribution < -0.4 is 10.6 Å². The monoisotopic (exact) mass is 354 g/mol. The van der Waals surface area contributed by atoms with Crippen LogP contribution in [0.25, 0.3) is 11.1 Å². The summed E-state index contributed by atoms with van der Waals surface area (Å²) in [5.41, 5.74) is 1.97. The molecule has 4 heteroatoms. The minimum absolute atomic E-state index is 0.704. The van der Waals surface area contributed by atoms with E-state index < -0.39 is 14.3 Å². The molecule has 0 N–H and O–H groups in total. The predicted octanol–water partition coefficient (Wildman–Crippen LogP) is 5.90. The van der Waals surface area contributed by atoms with Crippen molar-refractivity contribution in [1.29, 1.82) is 0 Å². The van der Waals surface area contributed by atoms with E-state index in [0.29, 0.717) is 10.6 Å². The van der Waals surface area contributed by atoms with Crippen LogP contribution in [-0.2, 0) is 9.13 Å². The summed E-state index contributed by atoms with van der Waals surface area (Å²) in [7, 11) is -5.43. The van der Waals surface area contributed by atoms with Gasteiger partial charge >= 0.3 is 0 Å². The van der Waals surface area contributed by atoms with Gasteiger partial charge in [0, 0.05) is 10.6 Å². The number of hydrogen-bond acceptors (Lipinski definition) is 2. The van der Waals surface area contributed by atoms with E-state index in [9.17, 15) is 9.13 Å². The van der Waals surface area contributed by atoms with Gasteiger partial charge < -0.3 is 9.13 Å². The van der Waals surface area contributed by atoms with Gasteiger partial charge in [0.25, 0.3) is 0 Å². The Kier molecular flexibility index (Phi) is 5.44. The molecule has 0 radical (unpaired) electrons. The highest BCUT2D eigenvalue weighted by atomic mass is 31.2. The molecule has 2 rings (SSSR count). The maximum Gasteiger partial charge on any atom is 0.156 e. The summed E-state index contributed by atoms with van der Waals surface area (Å²) < 4.78 is 25.1. The minimum Gasteiger partial charge on any atom is -0.310 e. The maximum absolute atomic E-state index is 12.5. The van der Waals surface area contributed by atoms with E-state index in [4.69, 9.17) is 0 Å². The summed E-state index contributed by atoms with van der Waals surface area (Å²) in [6.45, 7) is 14.5. The third-order valence-corrected chi connectivity index (χ3v) is 8.34. The first-order chi connectivity index (χ1) is 11.4. The molecule has 24 heavy (non-hydrogen) atoms. The molecule has 0 heterocycles. The topological polar surface area (TPSA) is 34.1 Å². The zero-order chi connectivity index (χ0) is 17.8. The second-order valence-electron chi connectivity index (χ2n) is 5.24. The minimum atomic E-state index is -2.71. The van der Waals surface area contributed by atoms with E-state index in [1.807, 2.05) is 48.5 Å². The number of hydrogen-bond donors (Lipinski definition) is 0. The van der Waals surface area contributed by atoms with E-state index in [2.05, 4.69) is 26.3 Å². The van der Waals surface area contributed by atoms with Crippen LogP contribution in [-0.4, -0.2) is 0 Å². The summed E-state index contributed by atoms with van der Waals surface area (Å²) in [5, 5.41) is 1.41. The van der Waals surface area contributed by atoms with Crippen LogP contribution >= 0.6 is 14.3 Å². The van der Waals surface area contributed by atoms with Crippen molar-refractivity contribution in [2.45, 2.75) is 0 Å². The molecule has 0 aliphatic rings. The Labute approximate surface area is 143 Å². The molecule has 0 aliphatic heterocycles. The molecule has 0 spiro atoms. The molecule has 0 aliphatic carbocycles. The molecule has 0 saturated carbocycles. The number of rotatable bonds is 7. The predicted molar refractivity (Wildman–Crippen MR) is 107 cm³/mol. The number of benzene rings is 2. The first kappa shape index (κ1) is 18.2. The Morgan fingerprint density at radius 1 is 0.542 bits per heavy atom. The summed E-state index contributed by atoms with van der Waals surface area (Å²) in [6, 6.07) is 14.9. The Hall–Kier alpha value is -2.14. The fourth-order valence-corrected chi connectivity index (χ4v) is 4.72. The average molecular weight is 354 g/mol. The smallest absolute Gasteiger partial charge is 0.156 e. The van der Waals surface area contributed by atoms with Crippen molar-refractivity contribution in [3.63, 3.8) is 0 Å². The zero-order valence-corrected chi connectivity index (χ0v) is 15.3. The highest BCUT2D eigenvalue weighted by molar-refractivity contribution is 7.77. The van der Waals surface area contributed by atoms with E-state index in [-0.39, 0.29) is 0 Å². The lowest BCUT2D eigenvalue weighted by atomic mass is 10.1. The van der Waals surface area contributed by atoms with Gasteiger partial charge in [-0.3, -0.25) is 0 Å². The van der Waals surface area contributed by atoms with Crippen LogP contribution in [0.15, 0.2) is 98.1 Å². The van der Waals surface area contributed by atoms with Crippen molar-refractivity contribution in [2.24, 2.45) is 0 Å². The summed E-state index contributed by atoms with van der Waals surface area (Å²) in [6.07, 6.45) is 0. The Bertz CT molecular complexity index is 775. The average Bonchev–Trinajstić information content (AvgIpc) is 2.67. The van der Waals surface area contributed by atoms with E-state index in [1.54, 1.807) is 0 Å². The second kappa shape index (κ2) is 7.18. The molecule has 0 aromatic heterocycles. The molecular formula is C20H20O2P2. The summed E-state index contributed by atoms with van der Waals surface area (Å²) >= 11 is 0. The fraction of sp³-hybridized carbons (Fsp3) is 0. The first-order valence-corrected chi connectivity index (χ1v) is 11.1. The van der Waals surface area contributed by atoms with Crippen molar-refractivity contribution in [2.75, 3.05) is 0 Å². The Morgan fingerprint density at radius 3 is 1.00 bits per heavy atom. The molecule has 2 aromatic carbocycles. The van der Waals surface area contributed by atoms with Crippen LogP contribution in [0.4, 0.5) is 0 Å². The molecule has 2 nitrogen and oxygen atoms in total. The second-order valence-corrected chi connectivity index (χ2v) is 10.6. The van der Waals surface area contributed by atoms with Gasteiger partial charge in [-0.1, -0.05) is 74.8 Å². The van der Waals surface area contributed by atoms with Crippen molar-refractivity contribution >= 4 is 24.9 Å². The summed E-state index contributed by atoms with van der Waals surface area (Å²) in [5.74, 6) is 5.80. The molecule has 0 amide bonds. The van der Waals surface area contributed by atoms with Gasteiger partial charge in [-0.25, -0.2) is 0 Å². The Morgan fingerprint density at radius 2 is 0.792 bits per heavy atom. The van der Waals surface area contributed by atoms with Crippen LogP contribution in [0.1, 0.15) is 0 Å². The third kappa shape index (κ3) is 3.36. The van der Waals surface area contributed by atoms with Crippen molar-refractivity contribution in [3.8, 4) is 11.1 Å². The van der Waals surface area contributed by atoms with Gasteiger partial charge in [0.15, 0.2) is 14.3 Å². The van der Waals surface area contributed by atoms with Crippen LogP contribution in [0.3, 0.4) is 0 Å². The van der Waals surface area contributed by atoms with E-state index in [1.165, 1.54) is 23.3 Å². The third-order valence-electron chi connectivity index (χ3n) is 3.96. The van der Waals surface area contributed by atoms with Crippen molar-refractivity contribution in [1.82, 2.24) is 0 Å². The fourth-order valence-electron chi connectivity index (χ4n) is 2.34. The molecular weight excluding hydrogens is 334 g/mol. The van der Waals surface area contributed by atoms with Crippen LogP contribution in [0.2, 0.25) is 0 Å². The van der Waals surface area contributed by atoms with Gasteiger partial charge in [0.2, 0.25) is 0 Å². The zero-order valence-electron chi connectivity index (χ0n) is 13.5. The largest absolute Gasteiger partial charge is 0.310 e. The molecule has 0 bridgehead atoms. The molecule has 122 valence electrons. The van der Waals surface area contributed by atoms with Gasteiger partial charge in [-0.05, 0) is 34.4 Å². The van der Waals surface area contributed by atoms with Gasteiger partial charge in [-0.15, -0.1) is 0 Å². The quantitative estimate of drug-likeness (QED) is 0.580. The molecule has 2 aromatic rings. The SMILES string of the molecule is C=CP(=O)(C=C)c1ccc(-c2ccc(P(=O)(C=C)C=C)cc2)cc1. The van der Waals surface area contributed by atoms with Crippen molar-refractivity contribution in [3.05, 3.63) is 98.1 Å². The van der Waals surface area contributed by atoms with Gasteiger partial charge in [-0.2, -0.15) is 0 Å². The normalized spacial score (nSPS) is 11.5. The molecule has 0 atom stereocenters. The summed E-state index contributed by atoms with van der Waals surface area (Å²) in [4.78, 5) is 0. The van der Waals surface area contributed by atoms with Crippen LogP contribution in [0, 0.1) is 0 Å². The lowest BCUT2D eigenvalue weighted by molar-refractivity contribution is 0.591. The van der Waals surface area contributed by atoms with Crippen molar-refractivity contribution < 1.29 is 9.13 Å². The molecule has 0 saturated heterocycles. The van der Waals surface area contributed by atoms with E-state index in [0.717, 1.165) is 11.1 Å². The highest BCUT2D eigenvalue weighted by Crippen LogP contribution is 2.47. The van der Waals surface area contributed by atoms with E-state index >= 15 is 0 Å². The Balaban J connectivity index is 2.37. The van der Waals surface area contributed by atoms with Gasteiger partial charge in [0.05, 0.1) is 0 Å². The molecule has 0 fully saturated rings.